The van der Waals surface area contributed by atoms with Gasteiger partial charge in [-0.3, -0.25) is 4.79 Å². The molecule has 1 aliphatic rings. The Morgan fingerprint density at radius 3 is 2.71 bits per heavy atom. The Kier molecular flexibility index (Phi) is 4.60. The number of rotatable bonds is 5. The number of carbonyl (C=O) groups excluding carboxylic acids is 1. The molecule has 0 radical (unpaired) electrons. The standard InChI is InChI=1S/C19H21NO4/c1-22-16-7-6-12(10-15(16)19(20)21)8-13-9-14-4-3-5-17(23-2)18(14)24-11-13/h3-7,10,13H,8-9,11H2,1-2H3,(H2,20,21). The van der Waals surface area contributed by atoms with Gasteiger partial charge in [-0.15, -0.1) is 0 Å². The van der Waals surface area contributed by atoms with Gasteiger partial charge in [0, 0.05) is 5.92 Å². The summed E-state index contributed by atoms with van der Waals surface area (Å²) in [7, 11) is 3.18. The Bertz CT molecular complexity index is 757. The zero-order chi connectivity index (χ0) is 17.1. The Morgan fingerprint density at radius 1 is 1.21 bits per heavy atom. The molecule has 0 aliphatic carbocycles. The highest BCUT2D eigenvalue weighted by molar-refractivity contribution is 5.95. The predicted octanol–water partition coefficient (Wildman–Crippen LogP) is 2.60. The topological polar surface area (TPSA) is 70.8 Å². The molecule has 1 atom stereocenters. The summed E-state index contributed by atoms with van der Waals surface area (Å²) in [6.07, 6.45) is 1.71. The lowest BCUT2D eigenvalue weighted by molar-refractivity contribution is 0.0997. The SMILES string of the molecule is COc1ccc(CC2COc3c(cccc3OC)C2)cc1C(N)=O. The van der Waals surface area contributed by atoms with E-state index in [1.807, 2.05) is 24.3 Å². The van der Waals surface area contributed by atoms with Crippen LogP contribution in [-0.4, -0.2) is 26.7 Å². The highest BCUT2D eigenvalue weighted by atomic mass is 16.5. The number of hydrogen-bond acceptors (Lipinski definition) is 4. The van der Waals surface area contributed by atoms with E-state index in [0.717, 1.165) is 35.5 Å². The van der Waals surface area contributed by atoms with Gasteiger partial charge in [-0.2, -0.15) is 0 Å². The van der Waals surface area contributed by atoms with Crippen LogP contribution in [0.15, 0.2) is 36.4 Å². The molecule has 1 aliphatic heterocycles. The predicted molar refractivity (Wildman–Crippen MR) is 90.9 cm³/mol. The summed E-state index contributed by atoms with van der Waals surface area (Å²) in [5.74, 6) is 1.96. The third kappa shape index (κ3) is 3.15. The molecule has 0 fully saturated rings. The van der Waals surface area contributed by atoms with Crippen LogP contribution in [0.4, 0.5) is 0 Å². The van der Waals surface area contributed by atoms with Gasteiger partial charge in [0.1, 0.15) is 5.75 Å². The van der Waals surface area contributed by atoms with Crippen molar-refractivity contribution in [2.75, 3.05) is 20.8 Å². The fourth-order valence-corrected chi connectivity index (χ4v) is 3.16. The third-order valence-corrected chi connectivity index (χ3v) is 4.31. The van der Waals surface area contributed by atoms with Gasteiger partial charge >= 0.3 is 0 Å². The van der Waals surface area contributed by atoms with Gasteiger partial charge in [0.05, 0.1) is 26.4 Å². The zero-order valence-corrected chi connectivity index (χ0v) is 13.9. The molecule has 0 spiro atoms. The maximum absolute atomic E-state index is 11.6. The van der Waals surface area contributed by atoms with Crippen LogP contribution in [0.3, 0.4) is 0 Å². The van der Waals surface area contributed by atoms with Gasteiger partial charge in [0.25, 0.3) is 5.91 Å². The second kappa shape index (κ2) is 6.83. The lowest BCUT2D eigenvalue weighted by Crippen LogP contribution is -2.23. The van der Waals surface area contributed by atoms with E-state index in [9.17, 15) is 4.79 Å². The van der Waals surface area contributed by atoms with Crippen molar-refractivity contribution in [2.45, 2.75) is 12.8 Å². The van der Waals surface area contributed by atoms with E-state index in [0.29, 0.717) is 23.8 Å². The second-order valence-electron chi connectivity index (χ2n) is 5.93. The van der Waals surface area contributed by atoms with Crippen molar-refractivity contribution < 1.29 is 19.0 Å². The van der Waals surface area contributed by atoms with Crippen molar-refractivity contribution in [2.24, 2.45) is 11.7 Å². The number of carbonyl (C=O) groups is 1. The van der Waals surface area contributed by atoms with Gasteiger partial charge in [0.2, 0.25) is 0 Å². The normalized spacial score (nSPS) is 16.0. The highest BCUT2D eigenvalue weighted by Crippen LogP contribution is 2.37. The number of ether oxygens (including phenoxy) is 3. The number of amides is 1. The van der Waals surface area contributed by atoms with Crippen LogP contribution in [0.5, 0.6) is 17.2 Å². The van der Waals surface area contributed by atoms with Crippen LogP contribution >= 0.6 is 0 Å². The average Bonchev–Trinajstić information content (AvgIpc) is 2.60. The number of benzene rings is 2. The summed E-state index contributed by atoms with van der Waals surface area (Å²) < 4.78 is 16.4. The van der Waals surface area contributed by atoms with Crippen molar-refractivity contribution in [1.29, 1.82) is 0 Å². The molecule has 1 amide bonds. The molecule has 2 aromatic carbocycles. The number of nitrogens with two attached hydrogens (primary N) is 1. The summed E-state index contributed by atoms with van der Waals surface area (Å²) in [5.41, 5.74) is 8.03. The molecule has 126 valence electrons. The Balaban J connectivity index is 1.78. The van der Waals surface area contributed by atoms with Gasteiger partial charge < -0.3 is 19.9 Å². The molecule has 0 saturated carbocycles. The van der Waals surface area contributed by atoms with Gasteiger partial charge in [0.15, 0.2) is 11.5 Å². The smallest absolute Gasteiger partial charge is 0.252 e. The van der Waals surface area contributed by atoms with Gasteiger partial charge in [-0.25, -0.2) is 0 Å². The zero-order valence-electron chi connectivity index (χ0n) is 13.9. The van der Waals surface area contributed by atoms with Crippen molar-refractivity contribution in [1.82, 2.24) is 0 Å². The lowest BCUT2D eigenvalue weighted by atomic mass is 9.90. The molecule has 3 rings (SSSR count). The van der Waals surface area contributed by atoms with Crippen molar-refractivity contribution in [3.63, 3.8) is 0 Å². The van der Waals surface area contributed by atoms with E-state index in [4.69, 9.17) is 19.9 Å². The number of hydrogen-bond donors (Lipinski definition) is 1. The molecule has 24 heavy (non-hydrogen) atoms. The molecule has 0 saturated heterocycles. The summed E-state index contributed by atoms with van der Waals surface area (Å²) in [5, 5.41) is 0. The minimum atomic E-state index is -0.483. The van der Waals surface area contributed by atoms with E-state index in [2.05, 4.69) is 6.07 Å². The van der Waals surface area contributed by atoms with Gasteiger partial charge in [-0.05, 0) is 42.2 Å². The van der Waals surface area contributed by atoms with Crippen LogP contribution in [0, 0.1) is 5.92 Å². The fraction of sp³-hybridized carbons (Fsp3) is 0.316. The molecule has 0 bridgehead atoms. The number of methoxy groups -OCH3 is 2. The molecule has 5 heteroatoms. The van der Waals surface area contributed by atoms with E-state index >= 15 is 0 Å². The van der Waals surface area contributed by atoms with Crippen LogP contribution in [0.1, 0.15) is 21.5 Å². The van der Waals surface area contributed by atoms with Crippen LogP contribution < -0.4 is 19.9 Å². The number of fused-ring (bicyclic) bond motifs is 1. The number of primary amides is 1. The molecule has 0 aromatic heterocycles. The van der Waals surface area contributed by atoms with E-state index < -0.39 is 5.91 Å². The average molecular weight is 327 g/mol. The molecule has 5 nitrogen and oxygen atoms in total. The maximum atomic E-state index is 11.6. The quantitative estimate of drug-likeness (QED) is 0.916. The highest BCUT2D eigenvalue weighted by Gasteiger charge is 2.23. The summed E-state index contributed by atoms with van der Waals surface area (Å²) in [4.78, 5) is 11.6. The monoisotopic (exact) mass is 327 g/mol. The van der Waals surface area contributed by atoms with Crippen molar-refractivity contribution in [3.8, 4) is 17.2 Å². The minimum Gasteiger partial charge on any atom is -0.496 e. The second-order valence-corrected chi connectivity index (χ2v) is 5.93. The molecule has 1 heterocycles. The third-order valence-electron chi connectivity index (χ3n) is 4.31. The summed E-state index contributed by atoms with van der Waals surface area (Å²) in [6, 6.07) is 11.5. The first-order valence-electron chi connectivity index (χ1n) is 7.87. The Hall–Kier alpha value is -2.69. The first-order chi connectivity index (χ1) is 11.6. The largest absolute Gasteiger partial charge is 0.496 e. The Morgan fingerprint density at radius 2 is 2.00 bits per heavy atom. The van der Waals surface area contributed by atoms with Crippen molar-refractivity contribution >= 4 is 5.91 Å². The summed E-state index contributed by atoms with van der Waals surface area (Å²) in [6.45, 7) is 0.616. The fourth-order valence-electron chi connectivity index (χ4n) is 3.16. The molecular weight excluding hydrogens is 306 g/mol. The van der Waals surface area contributed by atoms with Crippen LogP contribution in [-0.2, 0) is 12.8 Å². The lowest BCUT2D eigenvalue weighted by Gasteiger charge is -2.26. The maximum Gasteiger partial charge on any atom is 0.252 e. The van der Waals surface area contributed by atoms with Gasteiger partial charge in [-0.1, -0.05) is 18.2 Å². The van der Waals surface area contributed by atoms with Crippen LogP contribution in [0.2, 0.25) is 0 Å². The van der Waals surface area contributed by atoms with Crippen LogP contribution in [0.25, 0.3) is 0 Å². The van der Waals surface area contributed by atoms with E-state index in [1.54, 1.807) is 13.2 Å². The molecule has 1 unspecified atom stereocenters. The minimum absolute atomic E-state index is 0.332. The molecular formula is C19H21NO4. The van der Waals surface area contributed by atoms with E-state index in [-0.39, 0.29) is 0 Å². The molecule has 2 N–H and O–H groups in total. The summed E-state index contributed by atoms with van der Waals surface area (Å²) >= 11 is 0. The first kappa shape index (κ1) is 16.2. The molecule has 2 aromatic rings. The Labute approximate surface area is 141 Å². The first-order valence-corrected chi connectivity index (χ1v) is 7.87. The van der Waals surface area contributed by atoms with E-state index in [1.165, 1.54) is 7.11 Å². The number of para-hydroxylation sites is 1. The van der Waals surface area contributed by atoms with Crippen molar-refractivity contribution in [3.05, 3.63) is 53.1 Å².